The Kier molecular flexibility index (Phi) is 3.53. The van der Waals surface area contributed by atoms with Crippen LogP contribution in [0.5, 0.6) is 0 Å². The lowest BCUT2D eigenvalue weighted by Gasteiger charge is -2.15. The molecule has 2 rings (SSSR count). The van der Waals surface area contributed by atoms with Gasteiger partial charge in [-0.15, -0.1) is 11.8 Å². The van der Waals surface area contributed by atoms with Gasteiger partial charge in [-0.3, -0.25) is 4.57 Å². The lowest BCUT2D eigenvalue weighted by Crippen LogP contribution is -2.29. The lowest BCUT2D eigenvalue weighted by molar-refractivity contribution is -0.0136. The molecule has 3 atom stereocenters. The lowest BCUT2D eigenvalue weighted by atomic mass is 10.5. The predicted molar refractivity (Wildman–Crippen MR) is 64.2 cm³/mol. The Bertz CT molecular complexity index is 439. The van der Waals surface area contributed by atoms with E-state index in [1.165, 1.54) is 22.4 Å². The molecule has 0 amide bonds. The van der Waals surface area contributed by atoms with Crippen molar-refractivity contribution in [3.8, 4) is 0 Å². The van der Waals surface area contributed by atoms with Crippen LogP contribution in [-0.2, 0) is 4.74 Å². The van der Waals surface area contributed by atoms with Crippen molar-refractivity contribution in [3.05, 3.63) is 22.7 Å². The summed E-state index contributed by atoms with van der Waals surface area (Å²) in [6.07, 6.45) is 1.13. The van der Waals surface area contributed by atoms with E-state index in [0.29, 0.717) is 5.75 Å². The molecule has 2 heterocycles. The maximum Gasteiger partial charge on any atom is 0.351 e. The smallest absolute Gasteiger partial charge is 0.351 e. The van der Waals surface area contributed by atoms with Crippen molar-refractivity contribution in [1.82, 2.24) is 9.55 Å². The van der Waals surface area contributed by atoms with Gasteiger partial charge in [-0.05, 0) is 6.07 Å². The second kappa shape index (κ2) is 4.74. The van der Waals surface area contributed by atoms with E-state index in [2.05, 4.69) is 20.9 Å². The Hall–Kier alpha value is -0.570. The van der Waals surface area contributed by atoms with E-state index in [-0.39, 0.29) is 11.3 Å². The monoisotopic (exact) mass is 307 g/mol. The summed E-state index contributed by atoms with van der Waals surface area (Å²) >= 11 is 4.45. The van der Waals surface area contributed by atoms with E-state index in [9.17, 15) is 9.90 Å². The van der Waals surface area contributed by atoms with Gasteiger partial charge in [-0.1, -0.05) is 15.9 Å². The van der Waals surface area contributed by atoms with Crippen molar-refractivity contribution in [3.63, 3.8) is 0 Å². The number of ether oxygens (including phenoxy) is 1. The summed E-state index contributed by atoms with van der Waals surface area (Å²) in [6, 6.07) is 1.54. The van der Waals surface area contributed by atoms with Crippen LogP contribution in [0, 0.1) is 0 Å². The maximum atomic E-state index is 11.5. The summed E-state index contributed by atoms with van der Waals surface area (Å²) in [6.45, 7) is 0. The highest BCUT2D eigenvalue weighted by Gasteiger charge is 2.31. The third-order valence-electron chi connectivity index (χ3n) is 2.08. The van der Waals surface area contributed by atoms with Gasteiger partial charge in [0.05, 0.1) is 0 Å². The largest absolute Gasteiger partial charge is 0.383 e. The highest BCUT2D eigenvalue weighted by atomic mass is 79.9. The van der Waals surface area contributed by atoms with Crippen molar-refractivity contribution in [2.75, 3.05) is 11.5 Å². The van der Waals surface area contributed by atoms with Crippen LogP contribution in [0.3, 0.4) is 0 Å². The zero-order chi connectivity index (χ0) is 11.7. The number of halogens is 1. The van der Waals surface area contributed by atoms with Gasteiger partial charge in [-0.2, -0.15) is 4.98 Å². The van der Waals surface area contributed by atoms with E-state index < -0.39 is 16.9 Å². The standard InChI is InChI=1S/C8H10BrN3O3S/c9-6(13)7-15-5(3-16-7)12-2-1-4(10)11-8(12)14/h1-2,5-7,13H,3H2,(H2,10,11,14)/t5-,6?,7+/m1/s1. The molecule has 0 bridgehead atoms. The van der Waals surface area contributed by atoms with Crippen LogP contribution in [0.2, 0.25) is 0 Å². The van der Waals surface area contributed by atoms with Gasteiger partial charge < -0.3 is 15.6 Å². The molecule has 1 aliphatic heterocycles. The number of aromatic nitrogens is 2. The number of nitrogens with zero attached hydrogens (tertiary/aromatic N) is 2. The first-order valence-corrected chi connectivity index (χ1v) is 6.48. The molecule has 0 aromatic carbocycles. The van der Waals surface area contributed by atoms with Gasteiger partial charge in [0.25, 0.3) is 0 Å². The number of anilines is 1. The quantitative estimate of drug-likeness (QED) is 0.755. The summed E-state index contributed by atoms with van der Waals surface area (Å²) in [5.41, 5.74) is 4.55. The topological polar surface area (TPSA) is 90.4 Å². The molecule has 1 aromatic rings. The minimum Gasteiger partial charge on any atom is -0.383 e. The van der Waals surface area contributed by atoms with E-state index in [1.54, 1.807) is 6.20 Å². The molecule has 88 valence electrons. The molecule has 0 spiro atoms. The normalized spacial score (nSPS) is 26.9. The summed E-state index contributed by atoms with van der Waals surface area (Å²) in [5, 5.41) is 8.53. The molecule has 1 unspecified atom stereocenters. The van der Waals surface area contributed by atoms with Crippen LogP contribution in [0.25, 0.3) is 0 Å². The zero-order valence-corrected chi connectivity index (χ0v) is 10.5. The summed E-state index contributed by atoms with van der Waals surface area (Å²) in [5.74, 6) is 0.766. The van der Waals surface area contributed by atoms with Crippen LogP contribution in [0.4, 0.5) is 5.82 Å². The van der Waals surface area contributed by atoms with Gasteiger partial charge in [0, 0.05) is 11.9 Å². The van der Waals surface area contributed by atoms with Crippen molar-refractivity contribution in [2.45, 2.75) is 16.7 Å². The Morgan fingerprint density at radius 1 is 1.81 bits per heavy atom. The van der Waals surface area contributed by atoms with E-state index in [0.717, 1.165) is 0 Å². The number of thioether (sulfide) groups is 1. The number of aliphatic hydroxyl groups is 1. The van der Waals surface area contributed by atoms with Crippen LogP contribution in [-0.4, -0.2) is 30.9 Å². The number of hydrogen-bond donors (Lipinski definition) is 2. The van der Waals surface area contributed by atoms with Gasteiger partial charge in [0.2, 0.25) is 0 Å². The van der Waals surface area contributed by atoms with Crippen LogP contribution in [0.1, 0.15) is 6.23 Å². The Morgan fingerprint density at radius 2 is 2.56 bits per heavy atom. The minimum absolute atomic E-state index is 0.184. The van der Waals surface area contributed by atoms with E-state index >= 15 is 0 Å². The van der Waals surface area contributed by atoms with Crippen LogP contribution < -0.4 is 11.4 Å². The van der Waals surface area contributed by atoms with Gasteiger partial charge >= 0.3 is 5.69 Å². The molecule has 1 aromatic heterocycles. The Labute approximate surface area is 104 Å². The first kappa shape index (κ1) is 11.9. The number of rotatable bonds is 2. The minimum atomic E-state index is -0.750. The summed E-state index contributed by atoms with van der Waals surface area (Å²) < 4.78 is 6.84. The molecule has 1 fully saturated rings. The number of alkyl halides is 1. The van der Waals surface area contributed by atoms with Gasteiger partial charge in [0.15, 0.2) is 0 Å². The predicted octanol–water partition coefficient (Wildman–Crippen LogP) is 0.127. The van der Waals surface area contributed by atoms with Crippen molar-refractivity contribution in [2.24, 2.45) is 0 Å². The molecule has 6 nitrogen and oxygen atoms in total. The molecule has 0 saturated carbocycles. The fraction of sp³-hybridized carbons (Fsp3) is 0.500. The first-order valence-electron chi connectivity index (χ1n) is 4.52. The second-order valence-corrected chi connectivity index (χ2v) is 5.28. The molecular weight excluding hydrogens is 298 g/mol. The number of hydrogen-bond acceptors (Lipinski definition) is 6. The molecule has 1 saturated heterocycles. The Balaban J connectivity index is 2.18. The molecule has 8 heteroatoms. The number of nitrogen functional groups attached to an aromatic ring is 1. The van der Waals surface area contributed by atoms with Crippen molar-refractivity contribution in [1.29, 1.82) is 0 Å². The highest BCUT2D eigenvalue weighted by molar-refractivity contribution is 9.09. The van der Waals surface area contributed by atoms with E-state index in [4.69, 9.17) is 10.5 Å². The van der Waals surface area contributed by atoms with E-state index in [1.807, 2.05) is 0 Å². The van der Waals surface area contributed by atoms with Crippen LogP contribution in [0.15, 0.2) is 17.1 Å². The summed E-state index contributed by atoms with van der Waals surface area (Å²) in [4.78, 5) is 15.1. The fourth-order valence-corrected chi connectivity index (χ4v) is 2.89. The first-order chi connectivity index (χ1) is 7.58. The molecule has 0 radical (unpaired) electrons. The van der Waals surface area contributed by atoms with Gasteiger partial charge in [-0.25, -0.2) is 4.79 Å². The molecule has 1 aliphatic rings. The Morgan fingerprint density at radius 3 is 3.12 bits per heavy atom. The third-order valence-corrected chi connectivity index (χ3v) is 4.09. The maximum absolute atomic E-state index is 11.5. The second-order valence-electron chi connectivity index (χ2n) is 3.21. The molecule has 16 heavy (non-hydrogen) atoms. The average Bonchev–Trinajstić information content (AvgIpc) is 2.66. The van der Waals surface area contributed by atoms with Crippen molar-refractivity contribution < 1.29 is 9.84 Å². The molecular formula is C8H10BrN3O3S. The SMILES string of the molecule is Nc1ccn([C@H]2CS[C@@H](C(O)Br)O2)c(=O)n1. The molecule has 3 N–H and O–H groups in total. The number of nitrogens with two attached hydrogens (primary N) is 1. The molecule has 0 aliphatic carbocycles. The summed E-state index contributed by atoms with van der Waals surface area (Å²) in [7, 11) is 0. The van der Waals surface area contributed by atoms with Crippen LogP contribution >= 0.6 is 27.7 Å². The third kappa shape index (κ3) is 2.40. The van der Waals surface area contributed by atoms with Crippen molar-refractivity contribution >= 4 is 33.5 Å². The van der Waals surface area contributed by atoms with Gasteiger partial charge in [0.1, 0.15) is 22.5 Å². The highest BCUT2D eigenvalue weighted by Crippen LogP contribution is 2.34. The zero-order valence-electron chi connectivity index (χ0n) is 8.12. The fourth-order valence-electron chi connectivity index (χ4n) is 1.35. The average molecular weight is 308 g/mol. The number of aliphatic hydroxyl groups excluding tert-OH is 1.